The minimum absolute atomic E-state index is 0.351. The highest BCUT2D eigenvalue weighted by Gasteiger charge is 2.13. The van der Waals surface area contributed by atoms with Crippen molar-refractivity contribution in [2.45, 2.75) is 26.8 Å². The number of rotatable bonds is 8. The molecule has 0 spiro atoms. The Kier molecular flexibility index (Phi) is 6.55. The van der Waals surface area contributed by atoms with Gasteiger partial charge in [0.1, 0.15) is 5.75 Å². The van der Waals surface area contributed by atoms with Gasteiger partial charge in [-0.15, -0.1) is 6.58 Å². The van der Waals surface area contributed by atoms with E-state index < -0.39 is 0 Å². The largest absolute Gasteiger partial charge is 0.507 e. The van der Waals surface area contributed by atoms with Crippen molar-refractivity contribution in [1.82, 2.24) is 9.88 Å². The Bertz CT molecular complexity index is 983. The van der Waals surface area contributed by atoms with E-state index in [1.807, 2.05) is 42.5 Å². The van der Waals surface area contributed by atoms with Gasteiger partial charge in [0, 0.05) is 45.7 Å². The minimum Gasteiger partial charge on any atom is -0.507 e. The summed E-state index contributed by atoms with van der Waals surface area (Å²) in [7, 11) is 0. The number of benzene rings is 2. The number of hydrogen-bond acceptors (Lipinski definition) is 4. The fourth-order valence-electron chi connectivity index (χ4n) is 3.34. The molecule has 3 aromatic rings. The van der Waals surface area contributed by atoms with E-state index >= 15 is 0 Å². The Hall–Kier alpha value is -2.56. The van der Waals surface area contributed by atoms with Crippen LogP contribution in [-0.2, 0) is 13.0 Å². The van der Waals surface area contributed by atoms with Gasteiger partial charge in [0.2, 0.25) is 0 Å². The van der Waals surface area contributed by atoms with Gasteiger partial charge in [0.15, 0.2) is 0 Å². The lowest BCUT2D eigenvalue weighted by molar-refractivity contribution is 0.290. The molecule has 0 saturated carbocycles. The Labute approximate surface area is 171 Å². The number of hydrogen-bond donors (Lipinski definition) is 2. The third-order valence-corrected chi connectivity index (χ3v) is 5.14. The highest BCUT2D eigenvalue weighted by Crippen LogP contribution is 2.32. The number of aromatic nitrogens is 1. The zero-order valence-electron chi connectivity index (χ0n) is 16.4. The van der Waals surface area contributed by atoms with Crippen LogP contribution in [0.4, 0.5) is 11.4 Å². The molecule has 1 aromatic heterocycles. The van der Waals surface area contributed by atoms with Crippen molar-refractivity contribution in [2.24, 2.45) is 0 Å². The van der Waals surface area contributed by atoms with Gasteiger partial charge in [-0.25, -0.2) is 0 Å². The Morgan fingerprint density at radius 3 is 2.61 bits per heavy atom. The van der Waals surface area contributed by atoms with Crippen LogP contribution in [0.25, 0.3) is 10.9 Å². The van der Waals surface area contributed by atoms with Crippen LogP contribution in [0, 0.1) is 0 Å². The van der Waals surface area contributed by atoms with Gasteiger partial charge >= 0.3 is 0 Å². The second-order valence-corrected chi connectivity index (χ2v) is 7.18. The molecule has 146 valence electrons. The molecule has 0 unspecified atom stereocenters. The van der Waals surface area contributed by atoms with Gasteiger partial charge in [-0.1, -0.05) is 31.5 Å². The van der Waals surface area contributed by atoms with E-state index in [0.717, 1.165) is 46.5 Å². The predicted molar refractivity (Wildman–Crippen MR) is 119 cm³/mol. The van der Waals surface area contributed by atoms with E-state index in [4.69, 9.17) is 11.6 Å². The maximum absolute atomic E-state index is 10.7. The zero-order valence-corrected chi connectivity index (χ0v) is 17.1. The van der Waals surface area contributed by atoms with Crippen LogP contribution >= 0.6 is 11.6 Å². The first-order valence-electron chi connectivity index (χ1n) is 9.55. The zero-order chi connectivity index (χ0) is 20.1. The van der Waals surface area contributed by atoms with Crippen molar-refractivity contribution in [3.05, 3.63) is 71.4 Å². The van der Waals surface area contributed by atoms with Crippen molar-refractivity contribution in [1.29, 1.82) is 0 Å². The van der Waals surface area contributed by atoms with E-state index in [2.05, 4.69) is 35.6 Å². The van der Waals surface area contributed by atoms with Gasteiger partial charge in [-0.05, 0) is 55.9 Å². The molecule has 2 aromatic carbocycles. The molecule has 0 aliphatic carbocycles. The van der Waals surface area contributed by atoms with Crippen molar-refractivity contribution in [3.8, 4) is 5.75 Å². The molecule has 1 heterocycles. The summed E-state index contributed by atoms with van der Waals surface area (Å²) in [6.07, 6.45) is 4.19. The lowest BCUT2D eigenvalue weighted by atomic mass is 10.0. The maximum atomic E-state index is 10.7. The molecule has 0 aliphatic rings. The van der Waals surface area contributed by atoms with Crippen LogP contribution in [0.1, 0.15) is 25.0 Å². The molecule has 28 heavy (non-hydrogen) atoms. The summed E-state index contributed by atoms with van der Waals surface area (Å²) in [4.78, 5) is 6.68. The van der Waals surface area contributed by atoms with Crippen molar-refractivity contribution < 1.29 is 5.11 Å². The standard InChI is InChI=1S/C23H26ClN3O/c1-4-7-16-12-19(13-17(23(16)28)15-27(5-2)6-3)26-21-10-11-25-22-14-18(24)8-9-20(21)22/h4,8-14,28H,1,5-7,15H2,2-3H3,(H,25,26). The minimum atomic E-state index is 0.351. The van der Waals surface area contributed by atoms with Crippen LogP contribution < -0.4 is 5.32 Å². The Morgan fingerprint density at radius 2 is 1.89 bits per heavy atom. The third kappa shape index (κ3) is 4.46. The van der Waals surface area contributed by atoms with E-state index in [1.165, 1.54) is 0 Å². The van der Waals surface area contributed by atoms with Crippen LogP contribution in [0.3, 0.4) is 0 Å². The SMILES string of the molecule is C=CCc1cc(Nc2ccnc3cc(Cl)ccc23)cc(CN(CC)CC)c1O. The lowest BCUT2D eigenvalue weighted by Gasteiger charge is -2.21. The van der Waals surface area contributed by atoms with E-state index in [0.29, 0.717) is 23.7 Å². The molecule has 5 heteroatoms. The van der Waals surface area contributed by atoms with Crippen LogP contribution in [-0.4, -0.2) is 28.1 Å². The molecule has 0 fully saturated rings. The molecule has 0 saturated heterocycles. The number of pyridine rings is 1. The molecule has 0 radical (unpaired) electrons. The molecule has 3 rings (SSSR count). The summed E-state index contributed by atoms with van der Waals surface area (Å²) < 4.78 is 0. The first-order valence-corrected chi connectivity index (χ1v) is 9.92. The number of phenolic OH excluding ortho intramolecular Hbond substituents is 1. The summed E-state index contributed by atoms with van der Waals surface area (Å²) in [6, 6.07) is 11.6. The number of aromatic hydroxyl groups is 1. The van der Waals surface area contributed by atoms with Gasteiger partial charge in [-0.2, -0.15) is 0 Å². The van der Waals surface area contributed by atoms with Crippen LogP contribution in [0.2, 0.25) is 5.02 Å². The summed E-state index contributed by atoms with van der Waals surface area (Å²) in [5, 5.41) is 15.9. The van der Waals surface area contributed by atoms with Gasteiger partial charge in [0.25, 0.3) is 0 Å². The smallest absolute Gasteiger partial charge is 0.123 e. The van der Waals surface area contributed by atoms with Crippen LogP contribution in [0.5, 0.6) is 5.75 Å². The van der Waals surface area contributed by atoms with Gasteiger partial charge in [-0.3, -0.25) is 9.88 Å². The number of fused-ring (bicyclic) bond motifs is 1. The number of allylic oxidation sites excluding steroid dienone is 1. The normalized spacial score (nSPS) is 11.1. The van der Waals surface area contributed by atoms with Gasteiger partial charge in [0.05, 0.1) is 5.52 Å². The Morgan fingerprint density at radius 1 is 1.14 bits per heavy atom. The quantitative estimate of drug-likeness (QED) is 0.368. The molecule has 4 nitrogen and oxygen atoms in total. The van der Waals surface area contributed by atoms with E-state index in [1.54, 1.807) is 6.20 Å². The molecular weight excluding hydrogens is 370 g/mol. The molecule has 2 N–H and O–H groups in total. The van der Waals surface area contributed by atoms with E-state index in [9.17, 15) is 5.11 Å². The molecule has 0 bridgehead atoms. The molecule has 0 atom stereocenters. The summed E-state index contributed by atoms with van der Waals surface area (Å²) in [6.45, 7) is 10.6. The molecule has 0 amide bonds. The number of nitrogens with zero attached hydrogens (tertiary/aromatic N) is 2. The third-order valence-electron chi connectivity index (χ3n) is 4.90. The number of phenols is 1. The number of nitrogens with one attached hydrogen (secondary N) is 1. The van der Waals surface area contributed by atoms with Gasteiger partial charge < -0.3 is 10.4 Å². The van der Waals surface area contributed by atoms with Crippen LogP contribution in [0.15, 0.2) is 55.3 Å². The topological polar surface area (TPSA) is 48.4 Å². The summed E-state index contributed by atoms with van der Waals surface area (Å²) >= 11 is 6.10. The fraction of sp³-hybridized carbons (Fsp3) is 0.261. The second kappa shape index (κ2) is 9.09. The van der Waals surface area contributed by atoms with Crippen molar-refractivity contribution in [2.75, 3.05) is 18.4 Å². The second-order valence-electron chi connectivity index (χ2n) is 6.74. The van der Waals surface area contributed by atoms with E-state index in [-0.39, 0.29) is 0 Å². The predicted octanol–water partition coefficient (Wildman–Crippen LogP) is 5.91. The monoisotopic (exact) mass is 395 g/mol. The fourth-order valence-corrected chi connectivity index (χ4v) is 3.50. The highest BCUT2D eigenvalue weighted by atomic mass is 35.5. The van der Waals surface area contributed by atoms with Crippen molar-refractivity contribution in [3.63, 3.8) is 0 Å². The lowest BCUT2D eigenvalue weighted by Crippen LogP contribution is -2.22. The summed E-state index contributed by atoms with van der Waals surface area (Å²) in [5.41, 5.74) is 4.49. The first kappa shape index (κ1) is 20.2. The molecule has 0 aliphatic heterocycles. The van der Waals surface area contributed by atoms with Crippen molar-refractivity contribution >= 4 is 33.9 Å². The highest BCUT2D eigenvalue weighted by molar-refractivity contribution is 6.31. The first-order chi connectivity index (χ1) is 13.5. The average Bonchev–Trinajstić information content (AvgIpc) is 2.69. The Balaban J connectivity index is 2.01. The molecular formula is C23H26ClN3O. The number of anilines is 2. The number of halogens is 1. The summed E-state index contributed by atoms with van der Waals surface area (Å²) in [5.74, 6) is 0.351. The average molecular weight is 396 g/mol. The maximum Gasteiger partial charge on any atom is 0.123 e.